The van der Waals surface area contributed by atoms with Gasteiger partial charge in [0.1, 0.15) is 18.5 Å². The van der Waals surface area contributed by atoms with Crippen molar-refractivity contribution >= 4 is 5.91 Å². The number of hydrogen-bond acceptors (Lipinski definition) is 5. The summed E-state index contributed by atoms with van der Waals surface area (Å²) in [5.74, 6) is 1.93. The average Bonchev–Trinajstić information content (AvgIpc) is 3.06. The first-order valence-corrected chi connectivity index (χ1v) is 7.85. The highest BCUT2D eigenvalue weighted by molar-refractivity contribution is 5.78. The molecule has 1 aromatic carbocycles. The first-order valence-electron chi connectivity index (χ1n) is 7.85. The van der Waals surface area contributed by atoms with E-state index in [1.807, 2.05) is 6.08 Å². The maximum atomic E-state index is 12.0. The molecule has 0 spiro atoms. The molecular weight excluding hydrogens is 298 g/mol. The molecule has 1 aliphatic carbocycles. The quantitative estimate of drug-likeness (QED) is 0.779. The van der Waals surface area contributed by atoms with Crippen molar-refractivity contribution < 1.29 is 24.1 Å². The largest absolute Gasteiger partial charge is 0.491 e. The van der Waals surface area contributed by atoms with Gasteiger partial charge in [0.2, 0.25) is 12.7 Å². The third-order valence-electron chi connectivity index (χ3n) is 3.94. The molecule has 0 radical (unpaired) electrons. The molecule has 1 amide bonds. The molecule has 1 heterocycles. The van der Waals surface area contributed by atoms with Crippen LogP contribution in [-0.4, -0.2) is 37.1 Å². The number of allylic oxidation sites excluding steroid dienone is 2. The zero-order valence-corrected chi connectivity index (χ0v) is 12.9. The Kier molecular flexibility index (Phi) is 5.02. The number of nitrogens with one attached hydrogen (secondary N) is 1. The van der Waals surface area contributed by atoms with Gasteiger partial charge in [-0.2, -0.15) is 0 Å². The molecule has 0 saturated carbocycles. The van der Waals surface area contributed by atoms with Crippen LogP contribution in [0.15, 0.2) is 30.4 Å². The van der Waals surface area contributed by atoms with E-state index in [4.69, 9.17) is 14.2 Å². The number of carbonyl (C=O) groups is 1. The Balaban J connectivity index is 1.40. The van der Waals surface area contributed by atoms with E-state index in [-0.39, 0.29) is 31.8 Å². The van der Waals surface area contributed by atoms with Gasteiger partial charge in [0.05, 0.1) is 0 Å². The van der Waals surface area contributed by atoms with Crippen LogP contribution in [0.2, 0.25) is 0 Å². The van der Waals surface area contributed by atoms with Crippen molar-refractivity contribution in [2.24, 2.45) is 5.92 Å². The van der Waals surface area contributed by atoms with Crippen molar-refractivity contribution in [3.05, 3.63) is 30.4 Å². The molecule has 0 saturated heterocycles. The highest BCUT2D eigenvalue weighted by atomic mass is 16.7. The summed E-state index contributed by atoms with van der Waals surface area (Å²) in [6.07, 6.45) is 5.95. The molecule has 23 heavy (non-hydrogen) atoms. The summed E-state index contributed by atoms with van der Waals surface area (Å²) >= 11 is 0. The van der Waals surface area contributed by atoms with E-state index in [0.717, 1.165) is 19.3 Å². The number of aliphatic hydroxyl groups excluding tert-OH is 1. The second-order valence-electron chi connectivity index (χ2n) is 5.71. The Morgan fingerprint density at radius 2 is 2.22 bits per heavy atom. The normalized spacial score (nSPS) is 20.1. The fourth-order valence-corrected chi connectivity index (χ4v) is 2.61. The summed E-state index contributed by atoms with van der Waals surface area (Å²) in [5, 5.41) is 12.7. The van der Waals surface area contributed by atoms with Crippen LogP contribution in [0.3, 0.4) is 0 Å². The van der Waals surface area contributed by atoms with Crippen LogP contribution >= 0.6 is 0 Å². The third kappa shape index (κ3) is 4.16. The third-order valence-corrected chi connectivity index (χ3v) is 3.94. The van der Waals surface area contributed by atoms with Crippen molar-refractivity contribution in [2.75, 3.05) is 19.9 Å². The summed E-state index contributed by atoms with van der Waals surface area (Å²) in [6, 6.07) is 5.25. The van der Waals surface area contributed by atoms with Crippen molar-refractivity contribution in [3.8, 4) is 17.2 Å². The van der Waals surface area contributed by atoms with Gasteiger partial charge >= 0.3 is 0 Å². The summed E-state index contributed by atoms with van der Waals surface area (Å²) in [6.45, 7) is 0.498. The maximum Gasteiger partial charge on any atom is 0.231 e. The smallest absolute Gasteiger partial charge is 0.231 e. The van der Waals surface area contributed by atoms with Gasteiger partial charge in [0, 0.05) is 18.5 Å². The van der Waals surface area contributed by atoms with Gasteiger partial charge in [-0.15, -0.1) is 0 Å². The van der Waals surface area contributed by atoms with Gasteiger partial charge in [0.25, 0.3) is 0 Å². The lowest BCUT2D eigenvalue weighted by Crippen LogP contribution is -2.38. The summed E-state index contributed by atoms with van der Waals surface area (Å²) in [4.78, 5) is 12.0. The second-order valence-corrected chi connectivity index (χ2v) is 5.71. The number of amides is 1. The number of rotatable bonds is 6. The predicted octanol–water partition coefficient (Wildman–Crippen LogP) is 1.63. The number of aliphatic hydroxyl groups is 1. The number of hydrogen-bond donors (Lipinski definition) is 2. The van der Waals surface area contributed by atoms with E-state index < -0.39 is 6.10 Å². The van der Waals surface area contributed by atoms with Crippen molar-refractivity contribution in [1.29, 1.82) is 0 Å². The van der Waals surface area contributed by atoms with Gasteiger partial charge in [-0.3, -0.25) is 4.79 Å². The van der Waals surface area contributed by atoms with Gasteiger partial charge in [-0.05, 0) is 31.4 Å². The molecule has 6 heteroatoms. The summed E-state index contributed by atoms with van der Waals surface area (Å²) in [5.41, 5.74) is 0. The van der Waals surface area contributed by atoms with Crippen LogP contribution < -0.4 is 19.5 Å². The standard InChI is InChI=1S/C17H21NO5/c19-13(9-18-17(20)12-4-2-1-3-5-12)10-21-14-6-7-15-16(8-14)23-11-22-15/h1-2,6-8,12-13,19H,3-5,9-11H2,(H,18,20)/t12-,13-/m0/s1. The molecule has 2 N–H and O–H groups in total. The average molecular weight is 319 g/mol. The van der Waals surface area contributed by atoms with Crippen molar-refractivity contribution in [2.45, 2.75) is 25.4 Å². The number of carbonyl (C=O) groups excluding carboxylic acids is 1. The first-order chi connectivity index (χ1) is 11.2. The summed E-state index contributed by atoms with van der Waals surface area (Å²) in [7, 11) is 0. The number of benzene rings is 1. The molecular formula is C17H21NO5. The van der Waals surface area contributed by atoms with E-state index >= 15 is 0 Å². The van der Waals surface area contributed by atoms with Crippen molar-refractivity contribution in [3.63, 3.8) is 0 Å². The highest BCUT2D eigenvalue weighted by Crippen LogP contribution is 2.35. The Hall–Kier alpha value is -2.21. The van der Waals surface area contributed by atoms with E-state index in [0.29, 0.717) is 17.2 Å². The predicted molar refractivity (Wildman–Crippen MR) is 83.6 cm³/mol. The zero-order chi connectivity index (χ0) is 16.1. The van der Waals surface area contributed by atoms with E-state index in [1.54, 1.807) is 18.2 Å². The van der Waals surface area contributed by atoms with Gasteiger partial charge in [-0.25, -0.2) is 0 Å². The van der Waals surface area contributed by atoms with Crippen molar-refractivity contribution in [1.82, 2.24) is 5.32 Å². The molecule has 1 aromatic rings. The first kappa shape index (κ1) is 15.7. The highest BCUT2D eigenvalue weighted by Gasteiger charge is 2.19. The Morgan fingerprint density at radius 1 is 1.35 bits per heavy atom. The second kappa shape index (κ2) is 7.37. The molecule has 6 nitrogen and oxygen atoms in total. The van der Waals surface area contributed by atoms with Crippen LogP contribution in [0.4, 0.5) is 0 Å². The molecule has 2 atom stereocenters. The Bertz CT molecular complexity index is 586. The minimum atomic E-state index is -0.761. The fourth-order valence-electron chi connectivity index (χ4n) is 2.61. The summed E-state index contributed by atoms with van der Waals surface area (Å²) < 4.78 is 16.0. The zero-order valence-electron chi connectivity index (χ0n) is 12.9. The molecule has 0 unspecified atom stereocenters. The Labute approximate surface area is 135 Å². The van der Waals surface area contributed by atoms with Crippen LogP contribution in [0, 0.1) is 5.92 Å². The van der Waals surface area contributed by atoms with Crippen LogP contribution in [0.1, 0.15) is 19.3 Å². The monoisotopic (exact) mass is 319 g/mol. The molecule has 124 valence electrons. The lowest BCUT2D eigenvalue weighted by atomic mass is 9.94. The lowest BCUT2D eigenvalue weighted by Gasteiger charge is -2.19. The molecule has 0 fully saturated rings. The number of fused-ring (bicyclic) bond motifs is 1. The molecule has 0 aromatic heterocycles. The minimum absolute atomic E-state index is 0.00326. The Morgan fingerprint density at radius 3 is 3.04 bits per heavy atom. The fraction of sp³-hybridized carbons (Fsp3) is 0.471. The number of ether oxygens (including phenoxy) is 3. The van der Waals surface area contributed by atoms with E-state index in [2.05, 4.69) is 11.4 Å². The van der Waals surface area contributed by atoms with Crippen LogP contribution in [0.5, 0.6) is 17.2 Å². The lowest BCUT2D eigenvalue weighted by molar-refractivity contribution is -0.125. The molecule has 3 rings (SSSR count). The van der Waals surface area contributed by atoms with E-state index in [1.165, 1.54) is 0 Å². The molecule has 2 aliphatic rings. The van der Waals surface area contributed by atoms with Gasteiger partial charge in [-0.1, -0.05) is 12.2 Å². The molecule has 0 bridgehead atoms. The van der Waals surface area contributed by atoms with Gasteiger partial charge in [0.15, 0.2) is 11.5 Å². The van der Waals surface area contributed by atoms with Crippen LogP contribution in [-0.2, 0) is 4.79 Å². The van der Waals surface area contributed by atoms with Crippen LogP contribution in [0.25, 0.3) is 0 Å². The molecule has 1 aliphatic heterocycles. The maximum absolute atomic E-state index is 12.0. The van der Waals surface area contributed by atoms with E-state index in [9.17, 15) is 9.90 Å². The topological polar surface area (TPSA) is 77.0 Å². The minimum Gasteiger partial charge on any atom is -0.491 e. The van der Waals surface area contributed by atoms with Gasteiger partial charge < -0.3 is 24.6 Å². The SMILES string of the molecule is O=C(NC[C@H](O)COc1ccc2c(c1)OCO2)[C@H]1CC=CCC1.